The minimum absolute atomic E-state index is 0.373. The van der Waals surface area contributed by atoms with Crippen LogP contribution in [0.15, 0.2) is 36.7 Å². The van der Waals surface area contributed by atoms with E-state index in [0.29, 0.717) is 22.5 Å². The van der Waals surface area contributed by atoms with Crippen molar-refractivity contribution in [2.75, 3.05) is 0 Å². The molecule has 0 saturated heterocycles. The fourth-order valence-corrected chi connectivity index (χ4v) is 2.10. The summed E-state index contributed by atoms with van der Waals surface area (Å²) in [4.78, 5) is 8.11. The summed E-state index contributed by atoms with van der Waals surface area (Å²) >= 11 is 0. The van der Waals surface area contributed by atoms with Crippen molar-refractivity contribution in [1.82, 2.24) is 14.5 Å². The molecule has 0 aliphatic heterocycles. The molecule has 3 rings (SSSR count). The molecule has 1 aromatic carbocycles. The zero-order chi connectivity index (χ0) is 13.4. The summed E-state index contributed by atoms with van der Waals surface area (Å²) in [6.45, 7) is 0. The summed E-state index contributed by atoms with van der Waals surface area (Å²) < 4.78 is 15.6. The molecule has 0 spiro atoms. The van der Waals surface area contributed by atoms with E-state index < -0.39 is 5.82 Å². The molecule has 5 heteroatoms. The molecule has 92 valence electrons. The van der Waals surface area contributed by atoms with Gasteiger partial charge in [-0.1, -0.05) is 6.07 Å². The molecule has 0 unspecified atom stereocenters. The molecule has 4 nitrogen and oxygen atoms in total. The van der Waals surface area contributed by atoms with Crippen LogP contribution >= 0.6 is 0 Å². The fraction of sp³-hybridized carbons (Fsp3) is 0.0714. The quantitative estimate of drug-likeness (QED) is 0.669. The van der Waals surface area contributed by atoms with Crippen molar-refractivity contribution in [3.05, 3.63) is 48.0 Å². The highest BCUT2D eigenvalue weighted by atomic mass is 19.1. The second kappa shape index (κ2) is 4.18. The molecule has 2 heterocycles. The van der Waals surface area contributed by atoms with E-state index in [1.807, 2.05) is 6.07 Å². The number of aromatic nitrogens is 3. The maximum Gasteiger partial charge on any atom is 0.152 e. The van der Waals surface area contributed by atoms with Crippen LogP contribution in [0.5, 0.6) is 0 Å². The number of halogens is 1. The van der Waals surface area contributed by atoms with Gasteiger partial charge in [-0.15, -0.1) is 0 Å². The van der Waals surface area contributed by atoms with Crippen LogP contribution in [0.2, 0.25) is 0 Å². The van der Waals surface area contributed by atoms with Crippen molar-refractivity contribution in [1.29, 1.82) is 5.26 Å². The minimum Gasteiger partial charge on any atom is -0.327 e. The summed E-state index contributed by atoms with van der Waals surface area (Å²) in [6, 6.07) is 9.00. The number of rotatable bonds is 1. The number of nitrogens with zero attached hydrogens (tertiary/aromatic N) is 4. The van der Waals surface area contributed by atoms with Gasteiger partial charge in [-0.3, -0.25) is 4.98 Å². The molecule has 0 radical (unpaired) electrons. The molecule has 0 aliphatic rings. The lowest BCUT2D eigenvalue weighted by atomic mass is 10.2. The van der Waals surface area contributed by atoms with Crippen LogP contribution in [-0.4, -0.2) is 14.5 Å². The fourth-order valence-electron chi connectivity index (χ4n) is 2.10. The van der Waals surface area contributed by atoms with Gasteiger partial charge in [-0.05, 0) is 18.2 Å². The normalized spacial score (nSPS) is 10.6. The molecular weight excluding hydrogens is 243 g/mol. The standard InChI is InChI=1S/C14H9FN4/c1-19-12-4-2-3-9(7-16)13(12)18-14(19)10-5-6-17-8-11(10)15/h2-6,8H,1H3. The molecule has 0 fully saturated rings. The Hall–Kier alpha value is -2.74. The van der Waals surface area contributed by atoms with Crippen molar-refractivity contribution >= 4 is 11.0 Å². The Morgan fingerprint density at radius 3 is 2.89 bits per heavy atom. The first-order valence-electron chi connectivity index (χ1n) is 5.68. The van der Waals surface area contributed by atoms with Crippen LogP contribution in [0.4, 0.5) is 4.39 Å². The second-order valence-electron chi connectivity index (χ2n) is 4.14. The zero-order valence-electron chi connectivity index (χ0n) is 10.1. The van der Waals surface area contributed by atoms with Crippen molar-refractivity contribution in [2.45, 2.75) is 0 Å². The van der Waals surface area contributed by atoms with Gasteiger partial charge in [0, 0.05) is 13.2 Å². The van der Waals surface area contributed by atoms with Gasteiger partial charge in [-0.2, -0.15) is 5.26 Å². The highest BCUT2D eigenvalue weighted by Crippen LogP contribution is 2.26. The first-order valence-corrected chi connectivity index (χ1v) is 5.68. The van der Waals surface area contributed by atoms with Crippen molar-refractivity contribution in [3.63, 3.8) is 0 Å². The number of para-hydroxylation sites is 1. The highest BCUT2D eigenvalue weighted by Gasteiger charge is 2.15. The summed E-state index contributed by atoms with van der Waals surface area (Å²) in [5.41, 5.74) is 2.23. The predicted molar refractivity (Wildman–Crippen MR) is 68.6 cm³/mol. The summed E-state index contributed by atoms with van der Waals surface area (Å²) in [5.74, 6) is 0.0528. The molecule has 2 aromatic heterocycles. The molecule has 19 heavy (non-hydrogen) atoms. The van der Waals surface area contributed by atoms with Gasteiger partial charge < -0.3 is 4.57 Å². The first kappa shape index (κ1) is 11.4. The predicted octanol–water partition coefficient (Wildman–Crippen LogP) is 2.65. The minimum atomic E-state index is -0.431. The zero-order valence-corrected chi connectivity index (χ0v) is 10.1. The van der Waals surface area contributed by atoms with Gasteiger partial charge in [0.15, 0.2) is 5.82 Å². The molecule has 0 saturated carbocycles. The SMILES string of the molecule is Cn1c(-c2ccncc2F)nc2c(C#N)cccc21. The largest absolute Gasteiger partial charge is 0.327 e. The number of pyridine rings is 1. The average Bonchev–Trinajstić information content (AvgIpc) is 2.77. The van der Waals surface area contributed by atoms with Gasteiger partial charge in [0.1, 0.15) is 17.4 Å². The number of fused-ring (bicyclic) bond motifs is 1. The van der Waals surface area contributed by atoms with Crippen LogP contribution < -0.4 is 0 Å². The second-order valence-corrected chi connectivity index (χ2v) is 4.14. The Kier molecular flexibility index (Phi) is 2.50. The van der Waals surface area contributed by atoms with Crippen LogP contribution in [-0.2, 0) is 7.05 Å². The molecule has 3 aromatic rings. The first-order chi connectivity index (χ1) is 9.22. The molecule has 0 aliphatic carbocycles. The average molecular weight is 252 g/mol. The third-order valence-corrected chi connectivity index (χ3v) is 3.05. The molecular formula is C14H9FN4. The van der Waals surface area contributed by atoms with Gasteiger partial charge in [-0.25, -0.2) is 9.37 Å². The van der Waals surface area contributed by atoms with Gasteiger partial charge >= 0.3 is 0 Å². The number of hydrogen-bond acceptors (Lipinski definition) is 3. The molecule has 0 atom stereocenters. The smallest absolute Gasteiger partial charge is 0.152 e. The molecule has 0 amide bonds. The Morgan fingerprint density at radius 1 is 1.32 bits per heavy atom. The van der Waals surface area contributed by atoms with E-state index in [-0.39, 0.29) is 0 Å². The van der Waals surface area contributed by atoms with E-state index in [1.165, 1.54) is 6.20 Å². The van der Waals surface area contributed by atoms with Crippen LogP contribution in [0.25, 0.3) is 22.4 Å². The lowest BCUT2D eigenvalue weighted by molar-refractivity contribution is 0.622. The van der Waals surface area contributed by atoms with Crippen molar-refractivity contribution in [3.8, 4) is 17.5 Å². The van der Waals surface area contributed by atoms with E-state index in [0.717, 1.165) is 11.7 Å². The molecule has 0 bridgehead atoms. The maximum atomic E-state index is 13.8. The van der Waals surface area contributed by atoms with E-state index in [2.05, 4.69) is 16.0 Å². The highest BCUT2D eigenvalue weighted by molar-refractivity contribution is 5.85. The monoisotopic (exact) mass is 252 g/mol. The summed E-state index contributed by atoms with van der Waals surface area (Å²) in [7, 11) is 1.80. The number of hydrogen-bond donors (Lipinski definition) is 0. The number of benzene rings is 1. The Labute approximate surface area is 108 Å². The number of imidazole rings is 1. The van der Waals surface area contributed by atoms with Crippen LogP contribution in [0, 0.1) is 17.1 Å². The van der Waals surface area contributed by atoms with Crippen LogP contribution in [0.1, 0.15) is 5.56 Å². The Balaban J connectivity index is 2.36. The number of aryl methyl sites for hydroxylation is 1. The Bertz CT molecular complexity index is 814. The van der Waals surface area contributed by atoms with E-state index >= 15 is 0 Å². The Morgan fingerprint density at radius 2 is 2.16 bits per heavy atom. The summed E-state index contributed by atoms with van der Waals surface area (Å²) in [6.07, 6.45) is 2.67. The third kappa shape index (κ3) is 1.66. The van der Waals surface area contributed by atoms with Gasteiger partial charge in [0.2, 0.25) is 0 Å². The topological polar surface area (TPSA) is 54.5 Å². The van der Waals surface area contributed by atoms with E-state index in [9.17, 15) is 4.39 Å². The maximum absolute atomic E-state index is 13.8. The van der Waals surface area contributed by atoms with Gasteiger partial charge in [0.05, 0.1) is 22.8 Å². The molecule has 0 N–H and O–H groups in total. The van der Waals surface area contributed by atoms with Crippen molar-refractivity contribution in [2.24, 2.45) is 7.05 Å². The lowest BCUT2D eigenvalue weighted by Crippen LogP contribution is -1.95. The van der Waals surface area contributed by atoms with Crippen LogP contribution in [0.3, 0.4) is 0 Å². The van der Waals surface area contributed by atoms with Crippen molar-refractivity contribution < 1.29 is 4.39 Å². The lowest BCUT2D eigenvalue weighted by Gasteiger charge is -2.02. The number of nitriles is 1. The van der Waals surface area contributed by atoms with Gasteiger partial charge in [0.25, 0.3) is 0 Å². The van der Waals surface area contributed by atoms with E-state index in [4.69, 9.17) is 5.26 Å². The van der Waals surface area contributed by atoms with E-state index in [1.54, 1.807) is 29.8 Å². The third-order valence-electron chi connectivity index (χ3n) is 3.05. The summed E-state index contributed by atoms with van der Waals surface area (Å²) in [5, 5.41) is 9.08.